The number of nitrogens with one attached hydrogen (secondary N) is 3. The van der Waals surface area contributed by atoms with Crippen LogP contribution in [0, 0.1) is 0 Å². The fraction of sp³-hybridized carbons (Fsp3) is 0.273. The molecule has 0 saturated heterocycles. The SMILES string of the molecule is O=C(CCC(F)(F)Cl)NNC(=O)Nc1ccccc1. The van der Waals surface area contributed by atoms with E-state index in [1.54, 1.807) is 30.3 Å². The van der Waals surface area contributed by atoms with Gasteiger partial charge in [-0.25, -0.2) is 10.2 Å². The van der Waals surface area contributed by atoms with Crippen LogP contribution in [-0.2, 0) is 4.79 Å². The van der Waals surface area contributed by atoms with Gasteiger partial charge in [-0.15, -0.1) is 0 Å². The number of alkyl halides is 3. The zero-order valence-corrected chi connectivity index (χ0v) is 10.5. The summed E-state index contributed by atoms with van der Waals surface area (Å²) in [6.07, 6.45) is -1.30. The van der Waals surface area contributed by atoms with Crippen molar-refractivity contribution in [2.24, 2.45) is 0 Å². The number of carbonyl (C=O) groups excluding carboxylic acids is 2. The number of carbonyl (C=O) groups is 2. The molecular weight excluding hydrogens is 280 g/mol. The molecule has 0 spiro atoms. The van der Waals surface area contributed by atoms with E-state index in [1.807, 2.05) is 10.9 Å². The largest absolute Gasteiger partial charge is 0.337 e. The second-order valence-corrected chi connectivity index (χ2v) is 4.16. The lowest BCUT2D eigenvalue weighted by molar-refractivity contribution is -0.122. The molecule has 0 unspecified atom stereocenters. The number of para-hydroxylation sites is 1. The molecule has 0 bridgehead atoms. The summed E-state index contributed by atoms with van der Waals surface area (Å²) in [4.78, 5) is 22.4. The third-order valence-electron chi connectivity index (χ3n) is 1.98. The van der Waals surface area contributed by atoms with Gasteiger partial charge in [-0.2, -0.15) is 8.78 Å². The smallest absolute Gasteiger partial charge is 0.307 e. The molecule has 1 aromatic carbocycles. The molecule has 0 aliphatic rings. The van der Waals surface area contributed by atoms with E-state index in [-0.39, 0.29) is 0 Å². The van der Waals surface area contributed by atoms with E-state index < -0.39 is 30.2 Å². The van der Waals surface area contributed by atoms with Crippen LogP contribution in [0.25, 0.3) is 0 Å². The summed E-state index contributed by atoms with van der Waals surface area (Å²) < 4.78 is 24.5. The molecular formula is C11H12ClF2N3O2. The molecule has 1 rings (SSSR count). The second kappa shape index (κ2) is 6.89. The molecule has 0 radical (unpaired) electrons. The Labute approximate surface area is 113 Å². The van der Waals surface area contributed by atoms with Gasteiger partial charge in [0.2, 0.25) is 5.91 Å². The summed E-state index contributed by atoms with van der Waals surface area (Å²) in [7, 11) is 0. The first-order chi connectivity index (χ1) is 8.87. The summed E-state index contributed by atoms with van der Waals surface area (Å²) in [6.45, 7) is 0. The molecule has 0 heterocycles. The van der Waals surface area contributed by atoms with E-state index in [0.717, 1.165) is 0 Å². The Balaban J connectivity index is 2.25. The summed E-state index contributed by atoms with van der Waals surface area (Å²) in [6, 6.07) is 7.83. The van der Waals surface area contributed by atoms with Gasteiger partial charge in [0.05, 0.1) is 0 Å². The summed E-state index contributed by atoms with van der Waals surface area (Å²) >= 11 is 4.63. The van der Waals surface area contributed by atoms with Crippen molar-refractivity contribution < 1.29 is 18.4 Å². The topological polar surface area (TPSA) is 70.2 Å². The van der Waals surface area contributed by atoms with Crippen LogP contribution >= 0.6 is 11.6 Å². The molecule has 0 aliphatic heterocycles. The van der Waals surface area contributed by atoms with Crippen molar-refractivity contribution in [1.82, 2.24) is 10.9 Å². The lowest BCUT2D eigenvalue weighted by Crippen LogP contribution is -2.44. The monoisotopic (exact) mass is 291 g/mol. The van der Waals surface area contributed by atoms with Crippen molar-refractivity contribution in [3.63, 3.8) is 0 Å². The average molecular weight is 292 g/mol. The highest BCUT2D eigenvalue weighted by Gasteiger charge is 2.25. The highest BCUT2D eigenvalue weighted by Crippen LogP contribution is 2.24. The van der Waals surface area contributed by atoms with Crippen LogP contribution in [-0.4, -0.2) is 17.3 Å². The van der Waals surface area contributed by atoms with Crippen molar-refractivity contribution in [2.45, 2.75) is 18.2 Å². The maximum Gasteiger partial charge on any atom is 0.337 e. The number of rotatable bonds is 4. The fourth-order valence-electron chi connectivity index (χ4n) is 1.13. The number of amides is 3. The predicted octanol–water partition coefficient (Wildman–Crippen LogP) is 2.45. The molecule has 0 aliphatic carbocycles. The Kier molecular flexibility index (Phi) is 5.50. The fourth-order valence-corrected chi connectivity index (χ4v) is 1.22. The zero-order valence-electron chi connectivity index (χ0n) is 9.75. The summed E-state index contributed by atoms with van der Waals surface area (Å²) in [5, 5.41) is -0.996. The maximum absolute atomic E-state index is 12.3. The lowest BCUT2D eigenvalue weighted by atomic mass is 10.3. The Bertz CT molecular complexity index is 437. The Morgan fingerprint density at radius 1 is 1.16 bits per heavy atom. The molecule has 3 amide bonds. The molecule has 1 aromatic rings. The van der Waals surface area contributed by atoms with E-state index in [4.69, 9.17) is 0 Å². The summed E-state index contributed by atoms with van der Waals surface area (Å²) in [5.74, 6) is -0.761. The standard InChI is InChI=1S/C11H12ClF2N3O2/c12-11(13,14)7-6-9(18)16-17-10(19)15-8-4-2-1-3-5-8/h1-5H,6-7H2,(H,16,18)(H2,15,17,19). The number of hydrazine groups is 1. The third kappa shape index (κ3) is 7.20. The van der Waals surface area contributed by atoms with Gasteiger partial charge in [0.15, 0.2) is 0 Å². The molecule has 8 heteroatoms. The maximum atomic E-state index is 12.3. The molecule has 0 atom stereocenters. The van der Waals surface area contributed by atoms with Gasteiger partial charge in [0.1, 0.15) is 0 Å². The lowest BCUT2D eigenvalue weighted by Gasteiger charge is -2.10. The number of hydrogen-bond acceptors (Lipinski definition) is 2. The van der Waals surface area contributed by atoms with Gasteiger partial charge in [-0.05, 0) is 23.7 Å². The molecule has 3 N–H and O–H groups in total. The van der Waals surface area contributed by atoms with Crippen LogP contribution in [0.1, 0.15) is 12.8 Å². The minimum Gasteiger partial charge on any atom is -0.307 e. The minimum atomic E-state index is -3.43. The van der Waals surface area contributed by atoms with Crippen LogP contribution in [0.4, 0.5) is 19.3 Å². The van der Waals surface area contributed by atoms with Crippen LogP contribution in [0.3, 0.4) is 0 Å². The first kappa shape index (κ1) is 15.2. The molecule has 0 fully saturated rings. The van der Waals surface area contributed by atoms with E-state index in [2.05, 4.69) is 16.9 Å². The Morgan fingerprint density at radius 3 is 2.37 bits per heavy atom. The Morgan fingerprint density at radius 2 is 1.79 bits per heavy atom. The van der Waals surface area contributed by atoms with Gasteiger partial charge < -0.3 is 5.32 Å². The van der Waals surface area contributed by atoms with Crippen molar-refractivity contribution >= 4 is 29.2 Å². The normalized spacial score (nSPS) is 10.7. The highest BCUT2D eigenvalue weighted by atomic mass is 35.5. The molecule has 5 nitrogen and oxygen atoms in total. The van der Waals surface area contributed by atoms with Crippen LogP contribution in [0.15, 0.2) is 30.3 Å². The second-order valence-electron chi connectivity index (χ2n) is 3.61. The van der Waals surface area contributed by atoms with Gasteiger partial charge in [-0.3, -0.25) is 10.2 Å². The first-order valence-corrected chi connectivity index (χ1v) is 5.72. The van der Waals surface area contributed by atoms with Gasteiger partial charge in [0.25, 0.3) is 0 Å². The van der Waals surface area contributed by atoms with Crippen LogP contribution in [0.5, 0.6) is 0 Å². The Hall–Kier alpha value is -1.89. The first-order valence-electron chi connectivity index (χ1n) is 5.34. The quantitative estimate of drug-likeness (QED) is 0.589. The van der Waals surface area contributed by atoms with E-state index in [0.29, 0.717) is 5.69 Å². The average Bonchev–Trinajstić information content (AvgIpc) is 2.34. The molecule has 104 valence electrons. The number of anilines is 1. The highest BCUT2D eigenvalue weighted by molar-refractivity contribution is 6.21. The third-order valence-corrected chi connectivity index (χ3v) is 2.17. The van der Waals surface area contributed by atoms with Crippen molar-refractivity contribution in [2.75, 3.05) is 5.32 Å². The molecule has 0 aromatic heterocycles. The molecule has 19 heavy (non-hydrogen) atoms. The summed E-state index contributed by atoms with van der Waals surface area (Å²) in [5.41, 5.74) is 4.54. The van der Waals surface area contributed by atoms with Gasteiger partial charge in [0, 0.05) is 18.5 Å². The number of urea groups is 1. The van der Waals surface area contributed by atoms with Crippen LogP contribution in [0.2, 0.25) is 0 Å². The van der Waals surface area contributed by atoms with E-state index in [1.165, 1.54) is 0 Å². The van der Waals surface area contributed by atoms with Crippen molar-refractivity contribution in [1.29, 1.82) is 0 Å². The molecule has 0 saturated carbocycles. The zero-order chi connectivity index (χ0) is 14.3. The minimum absolute atomic E-state index is 0.498. The van der Waals surface area contributed by atoms with E-state index >= 15 is 0 Å². The predicted molar refractivity (Wildman–Crippen MR) is 66.8 cm³/mol. The number of halogens is 3. The number of hydrogen-bond donors (Lipinski definition) is 3. The number of benzene rings is 1. The van der Waals surface area contributed by atoms with E-state index in [9.17, 15) is 18.4 Å². The van der Waals surface area contributed by atoms with Gasteiger partial charge in [-0.1, -0.05) is 18.2 Å². The van der Waals surface area contributed by atoms with Crippen molar-refractivity contribution in [3.8, 4) is 0 Å². The van der Waals surface area contributed by atoms with Crippen LogP contribution < -0.4 is 16.2 Å². The van der Waals surface area contributed by atoms with Crippen molar-refractivity contribution in [3.05, 3.63) is 30.3 Å². The van der Waals surface area contributed by atoms with Gasteiger partial charge >= 0.3 is 11.4 Å².